The van der Waals surface area contributed by atoms with E-state index in [1.165, 1.54) is 16.7 Å². The van der Waals surface area contributed by atoms with Crippen LogP contribution in [0.5, 0.6) is 0 Å². The average Bonchev–Trinajstić information content (AvgIpc) is 2.11. The number of rotatable bonds is 5. The first-order valence-corrected chi connectivity index (χ1v) is 5.75. The van der Waals surface area contributed by atoms with Gasteiger partial charge in [0.1, 0.15) is 12.4 Å². The zero-order valence-corrected chi connectivity index (χ0v) is 10.8. The van der Waals surface area contributed by atoms with Crippen LogP contribution in [0.15, 0.2) is 0 Å². The van der Waals surface area contributed by atoms with Gasteiger partial charge in [-0.25, -0.2) is 4.79 Å². The molecule has 1 amide bonds. The van der Waals surface area contributed by atoms with Crippen molar-refractivity contribution in [1.29, 1.82) is 0 Å². The maximum atomic E-state index is 11.2. The molecule has 0 saturated carbocycles. The molecule has 5 heteroatoms. The van der Waals surface area contributed by atoms with Crippen molar-refractivity contribution in [3.05, 3.63) is 0 Å². The molecule has 4 nitrogen and oxygen atoms in total. The van der Waals surface area contributed by atoms with E-state index in [0.29, 0.717) is 12.4 Å². The summed E-state index contributed by atoms with van der Waals surface area (Å²) in [6.45, 7) is 5.64. The summed E-state index contributed by atoms with van der Waals surface area (Å²) in [6.07, 6.45) is -0.351. The van der Waals surface area contributed by atoms with E-state index >= 15 is 0 Å². The SMILES string of the molecule is CC(=O)C(C)(C)SCCOC(=O)N(C)C. The minimum Gasteiger partial charge on any atom is -0.449 e. The van der Waals surface area contributed by atoms with E-state index in [9.17, 15) is 9.59 Å². The van der Waals surface area contributed by atoms with Crippen molar-refractivity contribution in [2.75, 3.05) is 26.5 Å². The number of ether oxygens (including phenoxy) is 1. The summed E-state index contributed by atoms with van der Waals surface area (Å²) in [7, 11) is 3.27. The maximum absolute atomic E-state index is 11.2. The molecule has 0 radical (unpaired) electrons. The molecule has 0 aliphatic carbocycles. The maximum Gasteiger partial charge on any atom is 0.409 e. The van der Waals surface area contributed by atoms with Crippen molar-refractivity contribution in [3.8, 4) is 0 Å². The van der Waals surface area contributed by atoms with Crippen molar-refractivity contribution in [2.24, 2.45) is 0 Å². The van der Waals surface area contributed by atoms with Crippen molar-refractivity contribution in [2.45, 2.75) is 25.5 Å². The first-order chi connectivity index (χ1) is 6.77. The fourth-order valence-corrected chi connectivity index (χ4v) is 1.54. The van der Waals surface area contributed by atoms with Gasteiger partial charge in [-0.05, 0) is 20.8 Å². The molecule has 0 fully saturated rings. The largest absolute Gasteiger partial charge is 0.449 e. The molecular formula is C10H19NO3S. The van der Waals surface area contributed by atoms with Gasteiger partial charge in [0.05, 0.1) is 4.75 Å². The van der Waals surface area contributed by atoms with Crippen molar-refractivity contribution in [1.82, 2.24) is 4.90 Å². The molecule has 0 heterocycles. The molecule has 0 aromatic heterocycles. The zero-order chi connectivity index (χ0) is 12.1. The highest BCUT2D eigenvalue weighted by Gasteiger charge is 2.23. The van der Waals surface area contributed by atoms with Crippen LogP contribution in [-0.2, 0) is 9.53 Å². The van der Waals surface area contributed by atoms with Gasteiger partial charge in [-0.3, -0.25) is 4.79 Å². The van der Waals surface area contributed by atoms with Crippen LogP contribution in [0.1, 0.15) is 20.8 Å². The Morgan fingerprint density at radius 2 is 1.87 bits per heavy atom. The Morgan fingerprint density at radius 3 is 2.27 bits per heavy atom. The fourth-order valence-electron chi connectivity index (χ4n) is 0.657. The van der Waals surface area contributed by atoms with Gasteiger partial charge in [0.15, 0.2) is 0 Å². The first-order valence-electron chi connectivity index (χ1n) is 4.76. The Kier molecular flexibility index (Phi) is 5.72. The molecule has 0 aromatic carbocycles. The number of thioether (sulfide) groups is 1. The highest BCUT2D eigenvalue weighted by Crippen LogP contribution is 2.24. The van der Waals surface area contributed by atoms with E-state index < -0.39 is 4.75 Å². The highest BCUT2D eigenvalue weighted by molar-refractivity contribution is 8.01. The van der Waals surface area contributed by atoms with Gasteiger partial charge in [0.2, 0.25) is 0 Å². The van der Waals surface area contributed by atoms with Crippen LogP contribution in [0.25, 0.3) is 0 Å². The number of ketones is 1. The van der Waals surface area contributed by atoms with Gasteiger partial charge in [-0.15, -0.1) is 11.8 Å². The van der Waals surface area contributed by atoms with Crippen LogP contribution in [0.2, 0.25) is 0 Å². The number of amides is 1. The topological polar surface area (TPSA) is 46.6 Å². The second-order valence-corrected chi connectivity index (χ2v) is 5.64. The van der Waals surface area contributed by atoms with Gasteiger partial charge in [-0.2, -0.15) is 0 Å². The van der Waals surface area contributed by atoms with Gasteiger partial charge < -0.3 is 9.64 Å². The van der Waals surface area contributed by atoms with Crippen molar-refractivity contribution in [3.63, 3.8) is 0 Å². The van der Waals surface area contributed by atoms with E-state index in [0.717, 1.165) is 0 Å². The van der Waals surface area contributed by atoms with Gasteiger partial charge >= 0.3 is 6.09 Å². The summed E-state index contributed by atoms with van der Waals surface area (Å²) in [4.78, 5) is 23.6. The normalized spacial score (nSPS) is 11.0. The molecule has 0 bridgehead atoms. The predicted molar refractivity (Wildman–Crippen MR) is 62.3 cm³/mol. The number of Topliss-reactive ketones (excluding diaryl/α,β-unsaturated/α-hetero) is 1. The Bertz CT molecular complexity index is 239. The predicted octanol–water partition coefficient (Wildman–Crippen LogP) is 1.79. The minimum atomic E-state index is -0.398. The van der Waals surface area contributed by atoms with Crippen LogP contribution in [0, 0.1) is 0 Å². The van der Waals surface area contributed by atoms with E-state index in [2.05, 4.69) is 0 Å². The number of nitrogens with zero attached hydrogens (tertiary/aromatic N) is 1. The number of hydrogen-bond donors (Lipinski definition) is 0. The lowest BCUT2D eigenvalue weighted by Crippen LogP contribution is -2.27. The monoisotopic (exact) mass is 233 g/mol. The molecule has 88 valence electrons. The zero-order valence-electron chi connectivity index (χ0n) is 9.99. The molecule has 0 spiro atoms. The summed E-state index contributed by atoms with van der Waals surface area (Å²) >= 11 is 1.50. The lowest BCUT2D eigenvalue weighted by atomic mass is 10.1. The van der Waals surface area contributed by atoms with E-state index in [1.54, 1.807) is 21.0 Å². The third-order valence-corrected chi connectivity index (χ3v) is 3.36. The quantitative estimate of drug-likeness (QED) is 0.679. The molecular weight excluding hydrogens is 214 g/mol. The van der Waals surface area contributed by atoms with Gasteiger partial charge in [0, 0.05) is 19.8 Å². The average molecular weight is 233 g/mol. The molecule has 0 rings (SSSR count). The molecule has 0 saturated heterocycles. The molecule has 0 aliphatic rings. The third kappa shape index (κ3) is 5.67. The van der Waals surface area contributed by atoms with Gasteiger partial charge in [-0.1, -0.05) is 0 Å². The van der Waals surface area contributed by atoms with Crippen LogP contribution in [0.4, 0.5) is 4.79 Å². The molecule has 0 aromatic rings. The Balaban J connectivity index is 3.72. The van der Waals surface area contributed by atoms with Crippen LogP contribution >= 0.6 is 11.8 Å². The molecule has 0 atom stereocenters. The molecule has 0 aliphatic heterocycles. The smallest absolute Gasteiger partial charge is 0.409 e. The van der Waals surface area contributed by atoms with Crippen LogP contribution in [-0.4, -0.2) is 48.0 Å². The standard InChI is InChI=1S/C10H19NO3S/c1-8(12)10(2,3)15-7-6-14-9(13)11(4)5/h6-7H2,1-5H3. The second kappa shape index (κ2) is 6.00. The Labute approximate surface area is 95.3 Å². The fraction of sp³-hybridized carbons (Fsp3) is 0.800. The second-order valence-electron chi connectivity index (χ2n) is 3.92. The number of carbonyl (C=O) groups is 2. The Morgan fingerprint density at radius 1 is 1.33 bits per heavy atom. The molecule has 0 unspecified atom stereocenters. The van der Waals surface area contributed by atoms with E-state index in [-0.39, 0.29) is 11.9 Å². The lowest BCUT2D eigenvalue weighted by Gasteiger charge is -2.20. The number of carbonyl (C=O) groups excluding carboxylic acids is 2. The summed E-state index contributed by atoms with van der Waals surface area (Å²) in [5.41, 5.74) is 0. The summed E-state index contributed by atoms with van der Waals surface area (Å²) in [6, 6.07) is 0. The van der Waals surface area contributed by atoms with Gasteiger partial charge in [0.25, 0.3) is 0 Å². The van der Waals surface area contributed by atoms with E-state index in [4.69, 9.17) is 4.74 Å². The highest BCUT2D eigenvalue weighted by atomic mass is 32.2. The van der Waals surface area contributed by atoms with Crippen LogP contribution in [0.3, 0.4) is 0 Å². The van der Waals surface area contributed by atoms with E-state index in [1.807, 2.05) is 13.8 Å². The molecule has 0 N–H and O–H groups in total. The van der Waals surface area contributed by atoms with Crippen LogP contribution < -0.4 is 0 Å². The summed E-state index contributed by atoms with van der Waals surface area (Å²) in [5.74, 6) is 0.762. The number of hydrogen-bond acceptors (Lipinski definition) is 4. The molecule has 15 heavy (non-hydrogen) atoms. The third-order valence-electron chi connectivity index (χ3n) is 1.98. The van der Waals surface area contributed by atoms with Crippen molar-refractivity contribution >= 4 is 23.6 Å². The van der Waals surface area contributed by atoms with Crippen molar-refractivity contribution < 1.29 is 14.3 Å². The Hall–Kier alpha value is -0.710. The first kappa shape index (κ1) is 14.3. The summed E-state index contributed by atoms with van der Waals surface area (Å²) < 4.78 is 4.54. The lowest BCUT2D eigenvalue weighted by molar-refractivity contribution is -0.118. The minimum absolute atomic E-state index is 0.131. The summed E-state index contributed by atoms with van der Waals surface area (Å²) in [5, 5.41) is 0.